The number of allylic oxidation sites excluding steroid dienone is 10. The Labute approximate surface area is 415 Å². The van der Waals surface area contributed by atoms with Gasteiger partial charge in [0.1, 0.15) is 13.2 Å². The summed E-state index contributed by atoms with van der Waals surface area (Å²) in [7, 11) is 0. The Morgan fingerprint density at radius 2 is 0.552 bits per heavy atom. The van der Waals surface area contributed by atoms with Crippen molar-refractivity contribution in [1.82, 2.24) is 0 Å². The van der Waals surface area contributed by atoms with E-state index >= 15 is 0 Å². The molecule has 6 heteroatoms. The maximum atomic E-state index is 12.9. The van der Waals surface area contributed by atoms with E-state index in [0.717, 1.165) is 83.5 Å². The molecule has 67 heavy (non-hydrogen) atoms. The van der Waals surface area contributed by atoms with Gasteiger partial charge in [-0.25, -0.2) is 0 Å². The molecule has 0 saturated heterocycles. The molecule has 0 amide bonds. The van der Waals surface area contributed by atoms with Crippen molar-refractivity contribution in [3.05, 3.63) is 60.8 Å². The summed E-state index contributed by atoms with van der Waals surface area (Å²) >= 11 is 0. The SMILES string of the molecule is CCCCC\C=C/C=C\C=C/C=C\CCCCCCCC(=O)OCC(COC(=O)CCCCCCCCCCCCCCCC)OC(=O)CCCCCCCCC/C=C\CCCCCCCC. The zero-order valence-corrected chi connectivity index (χ0v) is 44.4. The number of esters is 3. The maximum absolute atomic E-state index is 12.9. The molecule has 0 aromatic carbocycles. The molecule has 0 radical (unpaired) electrons. The molecule has 0 fully saturated rings. The van der Waals surface area contributed by atoms with Crippen LogP contribution in [0, 0.1) is 0 Å². The first-order chi connectivity index (χ1) is 33.0. The summed E-state index contributed by atoms with van der Waals surface area (Å²) in [5.41, 5.74) is 0. The van der Waals surface area contributed by atoms with E-state index < -0.39 is 6.10 Å². The fourth-order valence-corrected chi connectivity index (χ4v) is 8.21. The van der Waals surface area contributed by atoms with Crippen molar-refractivity contribution in [2.75, 3.05) is 13.2 Å². The van der Waals surface area contributed by atoms with Gasteiger partial charge in [0, 0.05) is 19.3 Å². The minimum absolute atomic E-state index is 0.0812. The van der Waals surface area contributed by atoms with E-state index in [-0.39, 0.29) is 31.1 Å². The second-order valence-corrected chi connectivity index (χ2v) is 19.3. The second-order valence-electron chi connectivity index (χ2n) is 19.3. The Hall–Kier alpha value is -2.89. The molecule has 0 rings (SSSR count). The van der Waals surface area contributed by atoms with Gasteiger partial charge in [0.25, 0.3) is 0 Å². The lowest BCUT2D eigenvalue weighted by Crippen LogP contribution is -2.30. The summed E-state index contributed by atoms with van der Waals surface area (Å²) in [5, 5.41) is 0. The van der Waals surface area contributed by atoms with Crippen LogP contribution in [0.3, 0.4) is 0 Å². The normalized spacial score (nSPS) is 12.5. The molecule has 0 spiro atoms. The van der Waals surface area contributed by atoms with Crippen LogP contribution in [0.15, 0.2) is 60.8 Å². The van der Waals surface area contributed by atoms with Crippen LogP contribution in [0.1, 0.15) is 290 Å². The molecular weight excluding hydrogens is 829 g/mol. The first kappa shape index (κ1) is 64.1. The van der Waals surface area contributed by atoms with Gasteiger partial charge in [-0.05, 0) is 70.6 Å². The number of hydrogen-bond acceptors (Lipinski definition) is 6. The summed E-state index contributed by atoms with van der Waals surface area (Å²) in [4.78, 5) is 38.1. The molecule has 6 nitrogen and oxygen atoms in total. The van der Waals surface area contributed by atoms with E-state index in [4.69, 9.17) is 14.2 Å². The van der Waals surface area contributed by atoms with Crippen molar-refractivity contribution in [2.45, 2.75) is 297 Å². The molecule has 0 bridgehead atoms. The number of ether oxygens (including phenoxy) is 3. The van der Waals surface area contributed by atoms with Crippen LogP contribution in [0.5, 0.6) is 0 Å². The average molecular weight is 938 g/mol. The van der Waals surface area contributed by atoms with Gasteiger partial charge in [0.05, 0.1) is 0 Å². The lowest BCUT2D eigenvalue weighted by Gasteiger charge is -2.18. The average Bonchev–Trinajstić information content (AvgIpc) is 3.33. The van der Waals surface area contributed by atoms with Gasteiger partial charge in [-0.1, -0.05) is 261 Å². The molecular formula is C61H108O6. The van der Waals surface area contributed by atoms with Gasteiger partial charge >= 0.3 is 17.9 Å². The third kappa shape index (κ3) is 53.9. The minimum atomic E-state index is -0.785. The molecule has 0 aliphatic heterocycles. The molecule has 0 aromatic rings. The van der Waals surface area contributed by atoms with Crippen molar-refractivity contribution in [3.63, 3.8) is 0 Å². The van der Waals surface area contributed by atoms with Gasteiger partial charge < -0.3 is 14.2 Å². The Bertz CT molecular complexity index is 1210. The highest BCUT2D eigenvalue weighted by Crippen LogP contribution is 2.16. The summed E-state index contributed by atoms with van der Waals surface area (Å²) in [6.07, 6.45) is 69.1. The van der Waals surface area contributed by atoms with Crippen molar-refractivity contribution >= 4 is 17.9 Å². The summed E-state index contributed by atoms with van der Waals surface area (Å²) in [6, 6.07) is 0. The van der Waals surface area contributed by atoms with Crippen LogP contribution in [0.4, 0.5) is 0 Å². The predicted octanol–water partition coefficient (Wildman–Crippen LogP) is 19.2. The van der Waals surface area contributed by atoms with Crippen molar-refractivity contribution in [1.29, 1.82) is 0 Å². The van der Waals surface area contributed by atoms with Gasteiger partial charge in [-0.15, -0.1) is 0 Å². The molecule has 0 saturated carbocycles. The highest BCUT2D eigenvalue weighted by atomic mass is 16.6. The number of rotatable bonds is 52. The van der Waals surface area contributed by atoms with E-state index in [2.05, 4.69) is 81.5 Å². The monoisotopic (exact) mass is 937 g/mol. The second kappa shape index (κ2) is 55.7. The van der Waals surface area contributed by atoms with E-state index in [1.165, 1.54) is 167 Å². The quantitative estimate of drug-likeness (QED) is 0.0199. The summed E-state index contributed by atoms with van der Waals surface area (Å²) < 4.78 is 16.9. The molecule has 0 N–H and O–H groups in total. The van der Waals surface area contributed by atoms with Gasteiger partial charge in [0.15, 0.2) is 6.10 Å². The van der Waals surface area contributed by atoms with E-state index in [1.807, 2.05) is 0 Å². The first-order valence-corrected chi connectivity index (χ1v) is 28.8. The lowest BCUT2D eigenvalue weighted by molar-refractivity contribution is -0.167. The number of carbonyl (C=O) groups excluding carboxylic acids is 3. The highest BCUT2D eigenvalue weighted by molar-refractivity contribution is 5.71. The fourth-order valence-electron chi connectivity index (χ4n) is 8.21. The first-order valence-electron chi connectivity index (χ1n) is 28.8. The topological polar surface area (TPSA) is 78.9 Å². The molecule has 1 unspecified atom stereocenters. The smallest absolute Gasteiger partial charge is 0.306 e. The summed E-state index contributed by atoms with van der Waals surface area (Å²) in [5.74, 6) is -0.897. The Morgan fingerprint density at radius 3 is 0.910 bits per heavy atom. The van der Waals surface area contributed by atoms with Crippen LogP contribution < -0.4 is 0 Å². The van der Waals surface area contributed by atoms with E-state index in [0.29, 0.717) is 19.3 Å². The molecule has 0 aliphatic rings. The third-order valence-electron chi connectivity index (χ3n) is 12.6. The third-order valence-corrected chi connectivity index (χ3v) is 12.6. The van der Waals surface area contributed by atoms with E-state index in [1.54, 1.807) is 0 Å². The molecule has 0 aliphatic carbocycles. The number of carbonyl (C=O) groups is 3. The largest absolute Gasteiger partial charge is 0.462 e. The van der Waals surface area contributed by atoms with Gasteiger partial charge in [-0.3, -0.25) is 14.4 Å². The Balaban J connectivity index is 4.42. The van der Waals surface area contributed by atoms with Gasteiger partial charge in [0.2, 0.25) is 0 Å². The fraction of sp³-hybridized carbons (Fsp3) is 0.787. The highest BCUT2D eigenvalue weighted by Gasteiger charge is 2.19. The zero-order valence-electron chi connectivity index (χ0n) is 44.4. The number of hydrogen-bond donors (Lipinski definition) is 0. The Kier molecular flexibility index (Phi) is 53.3. The van der Waals surface area contributed by atoms with Crippen LogP contribution in [0.2, 0.25) is 0 Å². The van der Waals surface area contributed by atoms with Crippen LogP contribution in [-0.4, -0.2) is 37.2 Å². The predicted molar refractivity (Wildman–Crippen MR) is 288 cm³/mol. The van der Waals surface area contributed by atoms with Crippen LogP contribution in [0.25, 0.3) is 0 Å². The molecule has 0 aromatic heterocycles. The van der Waals surface area contributed by atoms with Crippen molar-refractivity contribution in [3.8, 4) is 0 Å². The molecule has 388 valence electrons. The van der Waals surface area contributed by atoms with Crippen molar-refractivity contribution in [2.24, 2.45) is 0 Å². The summed E-state index contributed by atoms with van der Waals surface area (Å²) in [6.45, 7) is 6.60. The van der Waals surface area contributed by atoms with Gasteiger partial charge in [-0.2, -0.15) is 0 Å². The van der Waals surface area contributed by atoms with Crippen LogP contribution in [-0.2, 0) is 28.6 Å². The molecule has 0 heterocycles. The minimum Gasteiger partial charge on any atom is -0.462 e. The van der Waals surface area contributed by atoms with E-state index in [9.17, 15) is 14.4 Å². The standard InChI is InChI=1S/C61H108O6/c1-4-7-10-13-16-19-22-25-28-30-32-33-36-39-42-45-48-51-54-60(63)66-57-58(56-65-59(62)53-50-47-44-41-38-35-27-24-21-18-15-12-9-6-3)67-61(64)55-52-49-46-43-40-37-34-31-29-26-23-20-17-14-11-8-5-2/h16,19,22,25-26,28-30,32-33,58H,4-15,17-18,20-21,23-24,27,31,34-57H2,1-3H3/b19-16-,25-22-,29-26-,30-28-,33-32-. The number of unbranched alkanes of at least 4 members (excludes halogenated alkanes) is 34. The lowest BCUT2D eigenvalue weighted by atomic mass is 10.0. The maximum Gasteiger partial charge on any atom is 0.306 e. The molecule has 1 atom stereocenters. The van der Waals surface area contributed by atoms with Crippen LogP contribution >= 0.6 is 0 Å². The van der Waals surface area contributed by atoms with Crippen molar-refractivity contribution < 1.29 is 28.6 Å². The zero-order chi connectivity index (χ0) is 48.6. The Morgan fingerprint density at radius 1 is 0.299 bits per heavy atom.